The molecule has 1 saturated carbocycles. The fraction of sp³-hybridized carbons (Fsp3) is 0.200. The number of carbonyl (C=O) groups is 2. The second kappa shape index (κ2) is 8.20. The van der Waals surface area contributed by atoms with Crippen LogP contribution in [0.4, 0.5) is 5.69 Å². The van der Waals surface area contributed by atoms with Crippen LogP contribution in [0.1, 0.15) is 35.9 Å². The molecular formula is C25H21ClN4O2. The number of nitrogens with zero attached hydrogens (tertiary/aromatic N) is 4. The molecule has 0 N–H and O–H groups in total. The van der Waals surface area contributed by atoms with E-state index in [0.717, 1.165) is 35.2 Å². The number of ketones is 1. The van der Waals surface area contributed by atoms with Crippen molar-refractivity contribution in [2.75, 3.05) is 4.90 Å². The van der Waals surface area contributed by atoms with E-state index in [1.54, 1.807) is 30.3 Å². The van der Waals surface area contributed by atoms with Crippen LogP contribution < -0.4 is 4.90 Å². The Bertz CT molecular complexity index is 1330. The van der Waals surface area contributed by atoms with Crippen LogP contribution in [0.5, 0.6) is 0 Å². The first kappa shape index (κ1) is 20.4. The van der Waals surface area contributed by atoms with Gasteiger partial charge in [0, 0.05) is 28.4 Å². The molecule has 2 aromatic carbocycles. The van der Waals surface area contributed by atoms with Gasteiger partial charge in [-0.25, -0.2) is 4.98 Å². The summed E-state index contributed by atoms with van der Waals surface area (Å²) in [4.78, 5) is 35.9. The van der Waals surface area contributed by atoms with E-state index < -0.39 is 0 Å². The number of imidazole rings is 1. The third kappa shape index (κ3) is 3.89. The maximum atomic E-state index is 13.2. The summed E-state index contributed by atoms with van der Waals surface area (Å²) >= 11 is 6.23. The normalized spacial score (nSPS) is 13.3. The number of carbonyl (C=O) groups excluding carboxylic acids is 2. The summed E-state index contributed by atoms with van der Waals surface area (Å²) in [6.45, 7) is 1.82. The second-order valence-electron chi connectivity index (χ2n) is 8.01. The zero-order valence-electron chi connectivity index (χ0n) is 17.5. The molecule has 0 bridgehead atoms. The number of benzene rings is 2. The Kier molecular flexibility index (Phi) is 5.23. The molecular weight excluding hydrogens is 424 g/mol. The van der Waals surface area contributed by atoms with Crippen molar-refractivity contribution < 1.29 is 9.59 Å². The minimum Gasteiger partial charge on any atom is -0.303 e. The number of Topliss-reactive ketones (excluding diaryl/α,β-unsaturated/α-hetero) is 1. The molecule has 1 aliphatic carbocycles. The number of aromatic nitrogens is 3. The number of fused-ring (bicyclic) bond motifs is 1. The second-order valence-corrected chi connectivity index (χ2v) is 8.45. The number of amides is 1. The van der Waals surface area contributed by atoms with E-state index in [-0.39, 0.29) is 24.2 Å². The highest BCUT2D eigenvalue weighted by Gasteiger charge is 2.35. The maximum absolute atomic E-state index is 13.2. The predicted molar refractivity (Wildman–Crippen MR) is 124 cm³/mol. The van der Waals surface area contributed by atoms with Gasteiger partial charge >= 0.3 is 0 Å². The molecule has 32 heavy (non-hydrogen) atoms. The third-order valence-electron chi connectivity index (χ3n) is 5.65. The smallest absolute Gasteiger partial charge is 0.230 e. The molecule has 0 spiro atoms. The number of halogens is 1. The zero-order valence-corrected chi connectivity index (χ0v) is 18.3. The van der Waals surface area contributed by atoms with E-state index in [4.69, 9.17) is 16.6 Å². The summed E-state index contributed by atoms with van der Waals surface area (Å²) < 4.78 is 1.99. The minimum absolute atomic E-state index is 0.0123. The Hall–Kier alpha value is -3.51. The fourth-order valence-corrected chi connectivity index (χ4v) is 4.03. The van der Waals surface area contributed by atoms with E-state index >= 15 is 0 Å². The van der Waals surface area contributed by atoms with Crippen molar-refractivity contribution in [3.8, 4) is 5.69 Å². The molecule has 7 heteroatoms. The lowest BCUT2D eigenvalue weighted by Crippen LogP contribution is -2.32. The quantitative estimate of drug-likeness (QED) is 0.382. The van der Waals surface area contributed by atoms with Crippen LogP contribution in [-0.4, -0.2) is 26.2 Å². The van der Waals surface area contributed by atoms with Crippen molar-refractivity contribution in [1.82, 2.24) is 14.5 Å². The summed E-state index contributed by atoms with van der Waals surface area (Å²) in [7, 11) is 0. The van der Waals surface area contributed by atoms with Crippen LogP contribution in [0.15, 0.2) is 67.0 Å². The maximum Gasteiger partial charge on any atom is 0.230 e. The number of hydrogen-bond acceptors (Lipinski definition) is 4. The van der Waals surface area contributed by atoms with Crippen LogP contribution >= 0.6 is 11.6 Å². The van der Waals surface area contributed by atoms with Crippen LogP contribution in [0, 0.1) is 5.92 Å². The molecule has 0 atom stereocenters. The average Bonchev–Trinajstić information content (AvgIpc) is 3.59. The monoisotopic (exact) mass is 444 g/mol. The number of hydrogen-bond donors (Lipinski definition) is 0. The molecule has 5 rings (SSSR count). The molecule has 4 aromatic rings. The van der Waals surface area contributed by atoms with Gasteiger partial charge in [-0.3, -0.25) is 19.1 Å². The Morgan fingerprint density at radius 2 is 1.97 bits per heavy atom. The van der Waals surface area contributed by atoms with E-state index in [2.05, 4.69) is 4.98 Å². The first-order valence-corrected chi connectivity index (χ1v) is 10.9. The fourth-order valence-electron chi connectivity index (χ4n) is 3.86. The number of rotatable bonds is 6. The SMILES string of the molecule is CC(=O)c1cccc(-n2c(CN(C(=O)C3CC3)c3cccnc3)nc3cc(Cl)ccc32)c1. The first-order chi connectivity index (χ1) is 15.5. The van der Waals surface area contributed by atoms with Crippen molar-refractivity contribution in [2.24, 2.45) is 5.92 Å². The highest BCUT2D eigenvalue weighted by molar-refractivity contribution is 6.31. The molecule has 0 radical (unpaired) electrons. The Labute approximate surface area is 190 Å². The molecule has 1 amide bonds. The van der Waals surface area contributed by atoms with Crippen molar-refractivity contribution in [1.29, 1.82) is 0 Å². The van der Waals surface area contributed by atoms with Crippen LogP contribution in [0.3, 0.4) is 0 Å². The van der Waals surface area contributed by atoms with Crippen molar-refractivity contribution in [2.45, 2.75) is 26.3 Å². The number of pyridine rings is 1. The highest BCUT2D eigenvalue weighted by Crippen LogP contribution is 2.34. The number of anilines is 1. The molecule has 160 valence electrons. The van der Waals surface area contributed by atoms with Crippen LogP contribution in [-0.2, 0) is 11.3 Å². The lowest BCUT2D eigenvalue weighted by molar-refractivity contribution is -0.119. The van der Waals surface area contributed by atoms with Gasteiger partial charge in [0.1, 0.15) is 5.82 Å². The first-order valence-electron chi connectivity index (χ1n) is 10.5. The molecule has 0 unspecified atom stereocenters. The van der Waals surface area contributed by atoms with Crippen LogP contribution in [0.25, 0.3) is 16.7 Å². The predicted octanol–water partition coefficient (Wildman–Crippen LogP) is 5.22. The van der Waals surface area contributed by atoms with E-state index in [9.17, 15) is 9.59 Å². The summed E-state index contributed by atoms with van der Waals surface area (Å²) in [5.41, 5.74) is 3.74. The molecule has 2 heterocycles. The van der Waals surface area contributed by atoms with Crippen molar-refractivity contribution >= 4 is 40.0 Å². The van der Waals surface area contributed by atoms with Gasteiger partial charge in [0.25, 0.3) is 0 Å². The van der Waals surface area contributed by atoms with Crippen molar-refractivity contribution in [3.05, 3.63) is 83.4 Å². The largest absolute Gasteiger partial charge is 0.303 e. The summed E-state index contributed by atoms with van der Waals surface area (Å²) in [6, 6.07) is 16.7. The molecule has 6 nitrogen and oxygen atoms in total. The van der Waals surface area contributed by atoms with Crippen LogP contribution in [0.2, 0.25) is 5.02 Å². The van der Waals surface area contributed by atoms with Gasteiger partial charge in [0.2, 0.25) is 5.91 Å². The lowest BCUT2D eigenvalue weighted by Gasteiger charge is -2.23. The minimum atomic E-state index is -0.0123. The van der Waals surface area contributed by atoms with E-state index in [0.29, 0.717) is 16.4 Å². The van der Waals surface area contributed by atoms with Gasteiger partial charge in [0.15, 0.2) is 5.78 Å². The lowest BCUT2D eigenvalue weighted by atomic mass is 10.1. The average molecular weight is 445 g/mol. The third-order valence-corrected chi connectivity index (χ3v) is 5.88. The van der Waals surface area contributed by atoms with E-state index in [1.165, 1.54) is 0 Å². The molecule has 2 aromatic heterocycles. The van der Waals surface area contributed by atoms with Gasteiger partial charge in [-0.2, -0.15) is 0 Å². The summed E-state index contributed by atoms with van der Waals surface area (Å²) in [5.74, 6) is 0.790. The van der Waals surface area contributed by atoms with Gasteiger partial charge in [0.05, 0.1) is 29.5 Å². The summed E-state index contributed by atoms with van der Waals surface area (Å²) in [5, 5.41) is 0.587. The summed E-state index contributed by atoms with van der Waals surface area (Å²) in [6.07, 6.45) is 5.19. The topological polar surface area (TPSA) is 68.1 Å². The van der Waals surface area contributed by atoms with Crippen molar-refractivity contribution in [3.63, 3.8) is 0 Å². The molecule has 0 saturated heterocycles. The van der Waals surface area contributed by atoms with Gasteiger partial charge in [-0.1, -0.05) is 23.7 Å². The zero-order chi connectivity index (χ0) is 22.2. The Morgan fingerprint density at radius 1 is 1.12 bits per heavy atom. The molecule has 1 aliphatic rings. The Balaban J connectivity index is 1.66. The van der Waals surface area contributed by atoms with Gasteiger partial charge < -0.3 is 4.90 Å². The van der Waals surface area contributed by atoms with E-state index in [1.807, 2.05) is 53.1 Å². The molecule has 0 aliphatic heterocycles. The molecule has 1 fully saturated rings. The highest BCUT2D eigenvalue weighted by atomic mass is 35.5. The Morgan fingerprint density at radius 3 is 2.69 bits per heavy atom. The van der Waals surface area contributed by atoms with Gasteiger partial charge in [-0.15, -0.1) is 0 Å². The standard InChI is InChI=1S/C25H21ClN4O2/c1-16(31)18-4-2-5-20(12-18)30-23-10-9-19(26)13-22(23)28-24(30)15-29(25(32)17-7-8-17)21-6-3-11-27-14-21/h2-6,9-14,17H,7-8,15H2,1H3. The van der Waals surface area contributed by atoms with Gasteiger partial charge in [-0.05, 0) is 62.2 Å².